The average Bonchev–Trinajstić information content (AvgIpc) is 3.15. The number of carbonyl (C=O) groups is 2. The van der Waals surface area contributed by atoms with Crippen LogP contribution < -0.4 is 20.1 Å². The van der Waals surface area contributed by atoms with Gasteiger partial charge < -0.3 is 20.1 Å². The number of nitrogens with one attached hydrogen (secondary N) is 2. The molecule has 1 aromatic heterocycles. The Balaban J connectivity index is 1.51. The molecule has 0 unspecified atom stereocenters. The van der Waals surface area contributed by atoms with Crippen molar-refractivity contribution in [2.75, 3.05) is 18.7 Å². The molecule has 2 aromatic rings. The highest BCUT2D eigenvalue weighted by Gasteiger charge is 2.14. The zero-order valence-corrected chi connectivity index (χ0v) is 13.2. The number of anilines is 1. The number of amides is 2. The summed E-state index contributed by atoms with van der Waals surface area (Å²) in [6.45, 7) is 2.12. The Bertz CT molecular complexity index is 744. The van der Waals surface area contributed by atoms with Gasteiger partial charge in [-0.2, -0.15) is 0 Å². The lowest BCUT2D eigenvalue weighted by atomic mass is 10.1. The fourth-order valence-corrected chi connectivity index (χ4v) is 2.83. The summed E-state index contributed by atoms with van der Waals surface area (Å²) >= 11 is 1.22. The molecule has 0 spiro atoms. The van der Waals surface area contributed by atoms with E-state index >= 15 is 0 Å². The maximum atomic E-state index is 12.0. The molecule has 7 nitrogen and oxygen atoms in total. The number of ether oxygens (including phenoxy) is 2. The quantitative estimate of drug-likeness (QED) is 0.871. The van der Waals surface area contributed by atoms with E-state index in [0.29, 0.717) is 23.8 Å². The number of rotatable bonds is 5. The lowest BCUT2D eigenvalue weighted by Crippen LogP contribution is -2.26. The number of carbonyl (C=O) groups excluding carboxylic acids is 2. The molecule has 0 saturated carbocycles. The van der Waals surface area contributed by atoms with Crippen molar-refractivity contribution in [3.05, 3.63) is 34.8 Å². The third-order valence-electron chi connectivity index (χ3n) is 3.16. The van der Waals surface area contributed by atoms with Crippen LogP contribution in [0.4, 0.5) is 5.13 Å². The molecule has 8 heteroatoms. The number of benzene rings is 1. The van der Waals surface area contributed by atoms with Crippen molar-refractivity contribution in [1.29, 1.82) is 0 Å². The highest BCUT2D eigenvalue weighted by atomic mass is 32.1. The SMILES string of the molecule is CC(=O)Nc1nc(C(=O)NCCc2ccc3c(c2)OCO3)cs1. The average molecular weight is 333 g/mol. The van der Waals surface area contributed by atoms with E-state index < -0.39 is 0 Å². The number of aromatic nitrogens is 1. The standard InChI is InChI=1S/C15H15N3O4S/c1-9(19)17-15-18-11(7-23-15)14(20)16-5-4-10-2-3-12-13(6-10)22-8-21-12/h2-3,6-7H,4-5,8H2,1H3,(H,16,20)(H,17,18,19). The Labute approximate surface area is 136 Å². The predicted molar refractivity (Wildman–Crippen MR) is 85.0 cm³/mol. The molecule has 3 rings (SSSR count). The third kappa shape index (κ3) is 3.78. The summed E-state index contributed by atoms with van der Waals surface area (Å²) in [5.41, 5.74) is 1.34. The van der Waals surface area contributed by atoms with Crippen LogP contribution in [0.15, 0.2) is 23.6 Å². The molecule has 23 heavy (non-hydrogen) atoms. The molecule has 0 aliphatic carbocycles. The number of hydrogen-bond acceptors (Lipinski definition) is 6. The Kier molecular flexibility index (Phi) is 4.42. The smallest absolute Gasteiger partial charge is 0.270 e. The van der Waals surface area contributed by atoms with Gasteiger partial charge in [0.2, 0.25) is 12.7 Å². The predicted octanol–water partition coefficient (Wildman–Crippen LogP) is 1.80. The Hall–Kier alpha value is -2.61. The van der Waals surface area contributed by atoms with Gasteiger partial charge in [-0.3, -0.25) is 9.59 Å². The van der Waals surface area contributed by atoms with Crippen molar-refractivity contribution in [2.45, 2.75) is 13.3 Å². The van der Waals surface area contributed by atoms with Crippen molar-refractivity contribution >= 4 is 28.3 Å². The van der Waals surface area contributed by atoms with Gasteiger partial charge in [0.05, 0.1) is 0 Å². The number of hydrogen-bond donors (Lipinski definition) is 2. The van der Waals surface area contributed by atoms with Crippen LogP contribution in [0.2, 0.25) is 0 Å². The number of nitrogens with zero attached hydrogens (tertiary/aromatic N) is 1. The van der Waals surface area contributed by atoms with Gasteiger partial charge >= 0.3 is 0 Å². The Morgan fingerprint density at radius 1 is 1.30 bits per heavy atom. The second-order valence-electron chi connectivity index (χ2n) is 4.91. The molecule has 0 saturated heterocycles. The minimum Gasteiger partial charge on any atom is -0.454 e. The van der Waals surface area contributed by atoms with Gasteiger partial charge in [-0.1, -0.05) is 6.07 Å². The van der Waals surface area contributed by atoms with Gasteiger partial charge in [0.1, 0.15) is 5.69 Å². The van der Waals surface area contributed by atoms with Crippen molar-refractivity contribution in [3.8, 4) is 11.5 Å². The maximum absolute atomic E-state index is 12.0. The van der Waals surface area contributed by atoms with E-state index in [4.69, 9.17) is 9.47 Å². The van der Waals surface area contributed by atoms with Crippen molar-refractivity contribution in [1.82, 2.24) is 10.3 Å². The molecule has 1 aliphatic rings. The third-order valence-corrected chi connectivity index (χ3v) is 3.91. The lowest BCUT2D eigenvalue weighted by Gasteiger charge is -2.05. The van der Waals surface area contributed by atoms with Crippen LogP contribution in [0.1, 0.15) is 23.0 Å². The zero-order valence-electron chi connectivity index (χ0n) is 12.4. The van der Waals surface area contributed by atoms with E-state index in [1.54, 1.807) is 5.38 Å². The first kappa shape index (κ1) is 15.3. The number of thiazole rings is 1. The summed E-state index contributed by atoms with van der Waals surface area (Å²) in [7, 11) is 0. The molecule has 2 amide bonds. The molecule has 1 aliphatic heterocycles. The largest absolute Gasteiger partial charge is 0.454 e. The molecule has 2 heterocycles. The van der Waals surface area contributed by atoms with E-state index in [1.165, 1.54) is 18.3 Å². The molecular formula is C15H15N3O4S. The summed E-state index contributed by atoms with van der Waals surface area (Å²) in [5, 5.41) is 7.38. The van der Waals surface area contributed by atoms with Gasteiger partial charge in [-0.25, -0.2) is 4.98 Å². The van der Waals surface area contributed by atoms with Crippen LogP contribution in [0, 0.1) is 0 Å². The summed E-state index contributed by atoms with van der Waals surface area (Å²) in [4.78, 5) is 27.0. The summed E-state index contributed by atoms with van der Waals surface area (Å²) in [6, 6.07) is 5.71. The first-order valence-corrected chi connectivity index (χ1v) is 7.89. The van der Waals surface area contributed by atoms with E-state index in [9.17, 15) is 9.59 Å². The zero-order chi connectivity index (χ0) is 16.2. The second-order valence-corrected chi connectivity index (χ2v) is 5.77. The molecule has 2 N–H and O–H groups in total. The van der Waals surface area contributed by atoms with Crippen molar-refractivity contribution in [2.24, 2.45) is 0 Å². The maximum Gasteiger partial charge on any atom is 0.270 e. The van der Waals surface area contributed by atoms with Gasteiger partial charge in [0.15, 0.2) is 16.6 Å². The van der Waals surface area contributed by atoms with E-state index in [2.05, 4.69) is 15.6 Å². The molecule has 0 atom stereocenters. The molecule has 0 bridgehead atoms. The van der Waals surface area contributed by atoms with Crippen LogP contribution in [-0.4, -0.2) is 30.1 Å². The second kappa shape index (κ2) is 6.66. The Morgan fingerprint density at radius 2 is 2.13 bits per heavy atom. The van der Waals surface area contributed by atoms with Gasteiger partial charge in [-0.05, 0) is 24.1 Å². The first-order valence-electron chi connectivity index (χ1n) is 7.01. The highest BCUT2D eigenvalue weighted by molar-refractivity contribution is 7.14. The highest BCUT2D eigenvalue weighted by Crippen LogP contribution is 2.32. The lowest BCUT2D eigenvalue weighted by molar-refractivity contribution is -0.114. The topological polar surface area (TPSA) is 89.6 Å². The van der Waals surface area contributed by atoms with E-state index in [1.807, 2.05) is 18.2 Å². The van der Waals surface area contributed by atoms with Crippen LogP contribution in [-0.2, 0) is 11.2 Å². The minimum absolute atomic E-state index is 0.214. The molecule has 120 valence electrons. The van der Waals surface area contributed by atoms with Crippen molar-refractivity contribution < 1.29 is 19.1 Å². The first-order chi connectivity index (χ1) is 11.1. The fraction of sp³-hybridized carbons (Fsp3) is 0.267. The van der Waals surface area contributed by atoms with Gasteiger partial charge in [0.25, 0.3) is 5.91 Å². The Morgan fingerprint density at radius 3 is 2.96 bits per heavy atom. The monoisotopic (exact) mass is 333 g/mol. The molecule has 0 fully saturated rings. The van der Waals surface area contributed by atoms with Crippen LogP contribution >= 0.6 is 11.3 Å². The summed E-state index contributed by atoms with van der Waals surface area (Å²) in [6.07, 6.45) is 0.672. The number of fused-ring (bicyclic) bond motifs is 1. The summed E-state index contributed by atoms with van der Waals surface area (Å²) < 4.78 is 10.6. The van der Waals surface area contributed by atoms with Crippen molar-refractivity contribution in [3.63, 3.8) is 0 Å². The molecule has 0 radical (unpaired) electrons. The molecule has 1 aromatic carbocycles. The fourth-order valence-electron chi connectivity index (χ4n) is 2.09. The van der Waals surface area contributed by atoms with Gasteiger partial charge in [-0.15, -0.1) is 11.3 Å². The van der Waals surface area contributed by atoms with E-state index in [-0.39, 0.29) is 18.6 Å². The molecular weight excluding hydrogens is 318 g/mol. The van der Waals surface area contributed by atoms with E-state index in [0.717, 1.165) is 17.1 Å². The summed E-state index contributed by atoms with van der Waals surface area (Å²) in [5.74, 6) is 0.992. The van der Waals surface area contributed by atoms with Crippen LogP contribution in [0.25, 0.3) is 0 Å². The van der Waals surface area contributed by atoms with Gasteiger partial charge in [0, 0.05) is 18.8 Å². The minimum atomic E-state index is -0.265. The van der Waals surface area contributed by atoms with Crippen LogP contribution in [0.5, 0.6) is 11.5 Å². The normalized spacial score (nSPS) is 12.0. The van der Waals surface area contributed by atoms with Crippen LogP contribution in [0.3, 0.4) is 0 Å².